The third-order valence-electron chi connectivity index (χ3n) is 4.23. The fourth-order valence-electron chi connectivity index (χ4n) is 2.64. The van der Waals surface area contributed by atoms with Crippen LogP contribution in [-0.4, -0.2) is 48.3 Å². The van der Waals surface area contributed by atoms with Crippen molar-refractivity contribution in [1.29, 1.82) is 0 Å². The van der Waals surface area contributed by atoms with Crippen molar-refractivity contribution >= 4 is 15.7 Å². The quantitative estimate of drug-likeness (QED) is 0.745. The number of quaternary nitrogens is 1. The van der Waals surface area contributed by atoms with Gasteiger partial charge in [-0.1, -0.05) is 0 Å². The lowest BCUT2D eigenvalue weighted by Gasteiger charge is -2.22. The van der Waals surface area contributed by atoms with Crippen molar-refractivity contribution in [3.8, 4) is 5.75 Å². The Labute approximate surface area is 154 Å². The molecule has 0 bridgehead atoms. The second-order valence-corrected chi connectivity index (χ2v) is 8.43. The standard InChI is InChI=1S/C19H24N2O4S/c1-21(2)18(14-5-9-16(25-3)10-6-14)13-20-19(22)15-7-11-17(12-8-15)26(4,23)24/h5-12,18H,13H2,1-4H3,(H,20,22)/p+1/t18-/m1/s1. The molecule has 0 aliphatic rings. The summed E-state index contributed by atoms with van der Waals surface area (Å²) in [7, 11) is 2.41. The molecule has 1 amide bonds. The molecule has 0 saturated heterocycles. The molecule has 0 saturated carbocycles. The Balaban J connectivity index is 2.07. The van der Waals surface area contributed by atoms with E-state index in [0.717, 1.165) is 17.6 Å². The Morgan fingerprint density at radius 3 is 2.12 bits per heavy atom. The fraction of sp³-hybridized carbons (Fsp3) is 0.316. The highest BCUT2D eigenvalue weighted by Gasteiger charge is 2.19. The molecule has 0 radical (unpaired) electrons. The molecule has 26 heavy (non-hydrogen) atoms. The van der Waals surface area contributed by atoms with E-state index < -0.39 is 9.84 Å². The molecule has 6 nitrogen and oxygen atoms in total. The van der Waals surface area contributed by atoms with E-state index in [1.807, 2.05) is 38.4 Å². The predicted molar refractivity (Wildman–Crippen MR) is 100 cm³/mol. The van der Waals surface area contributed by atoms with Gasteiger partial charge in [0, 0.05) is 17.4 Å². The molecule has 2 aromatic rings. The maximum Gasteiger partial charge on any atom is 0.251 e. The van der Waals surface area contributed by atoms with Gasteiger partial charge in [-0.15, -0.1) is 0 Å². The van der Waals surface area contributed by atoms with Crippen LogP contribution in [0.25, 0.3) is 0 Å². The van der Waals surface area contributed by atoms with E-state index in [1.165, 1.54) is 29.2 Å². The molecule has 2 N–H and O–H groups in total. The van der Waals surface area contributed by atoms with E-state index in [4.69, 9.17) is 4.74 Å². The van der Waals surface area contributed by atoms with Gasteiger partial charge in [0.05, 0.1) is 32.6 Å². The number of sulfone groups is 1. The number of hydrogen-bond acceptors (Lipinski definition) is 4. The van der Waals surface area contributed by atoms with Gasteiger partial charge < -0.3 is 15.0 Å². The maximum absolute atomic E-state index is 12.4. The van der Waals surface area contributed by atoms with Crippen molar-refractivity contribution in [3.63, 3.8) is 0 Å². The van der Waals surface area contributed by atoms with Crippen molar-refractivity contribution in [3.05, 3.63) is 59.7 Å². The summed E-state index contributed by atoms with van der Waals surface area (Å²) in [5.41, 5.74) is 1.53. The van der Waals surface area contributed by atoms with Gasteiger partial charge in [0.15, 0.2) is 9.84 Å². The van der Waals surface area contributed by atoms with E-state index in [2.05, 4.69) is 5.32 Å². The van der Waals surface area contributed by atoms with Crippen molar-refractivity contribution in [1.82, 2.24) is 5.32 Å². The van der Waals surface area contributed by atoms with Crippen LogP contribution in [0.15, 0.2) is 53.4 Å². The first-order valence-electron chi connectivity index (χ1n) is 8.24. The predicted octanol–water partition coefficient (Wildman–Crippen LogP) is 0.714. The first-order chi connectivity index (χ1) is 12.2. The molecule has 2 aromatic carbocycles. The zero-order valence-corrected chi connectivity index (χ0v) is 16.3. The summed E-state index contributed by atoms with van der Waals surface area (Å²) in [6, 6.07) is 13.8. The van der Waals surface area contributed by atoms with E-state index in [1.54, 1.807) is 7.11 Å². The molecule has 0 spiro atoms. The Kier molecular flexibility index (Phi) is 6.39. The third kappa shape index (κ3) is 5.06. The Morgan fingerprint density at radius 1 is 1.08 bits per heavy atom. The number of benzene rings is 2. The van der Waals surface area contributed by atoms with Crippen molar-refractivity contribution in [2.24, 2.45) is 0 Å². The monoisotopic (exact) mass is 377 g/mol. The average Bonchev–Trinajstić information content (AvgIpc) is 2.61. The molecule has 0 unspecified atom stereocenters. The largest absolute Gasteiger partial charge is 0.497 e. The van der Waals surface area contributed by atoms with E-state index in [0.29, 0.717) is 12.1 Å². The van der Waals surface area contributed by atoms with Crippen LogP contribution in [0.2, 0.25) is 0 Å². The molecule has 0 aliphatic heterocycles. The molecule has 1 atom stereocenters. The highest BCUT2D eigenvalue weighted by atomic mass is 32.2. The molecule has 140 valence electrons. The van der Waals surface area contributed by atoms with Gasteiger partial charge in [-0.25, -0.2) is 8.42 Å². The van der Waals surface area contributed by atoms with Gasteiger partial charge in [-0.05, 0) is 48.5 Å². The Hall–Kier alpha value is -2.38. The van der Waals surface area contributed by atoms with Gasteiger partial charge in [0.1, 0.15) is 11.8 Å². The van der Waals surface area contributed by atoms with Crippen molar-refractivity contribution in [2.75, 3.05) is 34.0 Å². The van der Waals surface area contributed by atoms with Crippen LogP contribution >= 0.6 is 0 Å². The SMILES string of the molecule is COc1ccc([C@@H](CNC(=O)c2ccc(S(C)(=O)=O)cc2)[NH+](C)C)cc1. The summed E-state index contributed by atoms with van der Waals surface area (Å²) in [5, 5.41) is 2.93. The number of methoxy groups -OCH3 is 1. The summed E-state index contributed by atoms with van der Waals surface area (Å²) in [4.78, 5) is 13.8. The lowest BCUT2D eigenvalue weighted by atomic mass is 10.1. The number of rotatable bonds is 7. The minimum atomic E-state index is -3.27. The number of carbonyl (C=O) groups is 1. The zero-order chi connectivity index (χ0) is 19.3. The minimum Gasteiger partial charge on any atom is -0.497 e. The van der Waals surface area contributed by atoms with Gasteiger partial charge in [0.2, 0.25) is 0 Å². The normalized spacial score (nSPS) is 12.7. The number of hydrogen-bond donors (Lipinski definition) is 2. The first-order valence-corrected chi connectivity index (χ1v) is 10.1. The van der Waals surface area contributed by atoms with Crippen LogP contribution in [0.5, 0.6) is 5.75 Å². The van der Waals surface area contributed by atoms with E-state index >= 15 is 0 Å². The number of likely N-dealkylation sites (N-methyl/N-ethyl adjacent to an activating group) is 1. The fourth-order valence-corrected chi connectivity index (χ4v) is 3.27. The molecular weight excluding hydrogens is 352 g/mol. The minimum absolute atomic E-state index is 0.0835. The number of amides is 1. The Bertz CT molecular complexity index is 844. The number of ether oxygens (including phenoxy) is 1. The molecule has 0 fully saturated rings. The smallest absolute Gasteiger partial charge is 0.251 e. The average molecular weight is 377 g/mol. The van der Waals surface area contributed by atoms with Crippen LogP contribution < -0.4 is 15.0 Å². The van der Waals surface area contributed by atoms with Crippen LogP contribution in [0.3, 0.4) is 0 Å². The Morgan fingerprint density at radius 2 is 1.65 bits per heavy atom. The van der Waals surface area contributed by atoms with Crippen LogP contribution in [-0.2, 0) is 9.84 Å². The second-order valence-electron chi connectivity index (χ2n) is 6.41. The van der Waals surface area contributed by atoms with E-state index in [9.17, 15) is 13.2 Å². The van der Waals surface area contributed by atoms with Gasteiger partial charge in [0.25, 0.3) is 5.91 Å². The molecule has 0 heterocycles. The molecule has 7 heteroatoms. The molecule has 0 aromatic heterocycles. The van der Waals surface area contributed by atoms with Crippen LogP contribution in [0.1, 0.15) is 22.0 Å². The van der Waals surface area contributed by atoms with Crippen LogP contribution in [0.4, 0.5) is 0 Å². The van der Waals surface area contributed by atoms with Crippen molar-refractivity contribution in [2.45, 2.75) is 10.9 Å². The molecular formula is C19H25N2O4S+. The third-order valence-corrected chi connectivity index (χ3v) is 5.35. The van der Waals surface area contributed by atoms with Gasteiger partial charge in [-0.2, -0.15) is 0 Å². The summed E-state index contributed by atoms with van der Waals surface area (Å²) in [5.74, 6) is 0.557. The summed E-state index contributed by atoms with van der Waals surface area (Å²) < 4.78 is 28.2. The van der Waals surface area contributed by atoms with Crippen molar-refractivity contribution < 1.29 is 22.8 Å². The summed E-state index contributed by atoms with van der Waals surface area (Å²) in [6.45, 7) is 0.460. The lowest BCUT2D eigenvalue weighted by molar-refractivity contribution is -0.890. The maximum atomic E-state index is 12.4. The molecule has 0 aliphatic carbocycles. The second kappa shape index (κ2) is 8.33. The number of carbonyl (C=O) groups excluding carboxylic acids is 1. The lowest BCUT2D eigenvalue weighted by Crippen LogP contribution is -3.07. The first kappa shape index (κ1) is 19.9. The molecule has 2 rings (SSSR count). The highest BCUT2D eigenvalue weighted by Crippen LogP contribution is 2.16. The van der Waals surface area contributed by atoms with E-state index in [-0.39, 0.29) is 16.8 Å². The topological polar surface area (TPSA) is 76.9 Å². The number of nitrogens with one attached hydrogen (secondary N) is 2. The van der Waals surface area contributed by atoms with Crippen LogP contribution in [0, 0.1) is 0 Å². The summed E-state index contributed by atoms with van der Waals surface area (Å²) >= 11 is 0. The van der Waals surface area contributed by atoms with Gasteiger partial charge in [-0.3, -0.25) is 4.79 Å². The van der Waals surface area contributed by atoms with Gasteiger partial charge >= 0.3 is 0 Å². The zero-order valence-electron chi connectivity index (χ0n) is 15.4. The highest BCUT2D eigenvalue weighted by molar-refractivity contribution is 7.90. The summed E-state index contributed by atoms with van der Waals surface area (Å²) in [6.07, 6.45) is 1.14.